The third-order valence-corrected chi connectivity index (χ3v) is 4.61. The average molecular weight is 384 g/mol. The lowest BCUT2D eigenvalue weighted by atomic mass is 10.2. The molecule has 0 radical (unpaired) electrons. The first-order valence-corrected chi connectivity index (χ1v) is 8.52. The van der Waals surface area contributed by atoms with Crippen molar-refractivity contribution in [2.24, 2.45) is 0 Å². The van der Waals surface area contributed by atoms with Gasteiger partial charge < -0.3 is 0 Å². The summed E-state index contributed by atoms with van der Waals surface area (Å²) < 4.78 is 0. The van der Waals surface area contributed by atoms with E-state index in [9.17, 15) is 4.79 Å². The molecule has 3 aromatic rings. The number of hydrogen-bond acceptors (Lipinski definition) is 3. The number of amides is 1. The number of rotatable bonds is 3. The third kappa shape index (κ3) is 3.85. The van der Waals surface area contributed by atoms with Gasteiger partial charge in [-0.2, -0.15) is 0 Å². The fourth-order valence-electron chi connectivity index (χ4n) is 1.92. The van der Waals surface area contributed by atoms with Crippen LogP contribution in [0.1, 0.15) is 10.4 Å². The van der Waals surface area contributed by atoms with Crippen molar-refractivity contribution in [3.05, 3.63) is 68.5 Å². The van der Waals surface area contributed by atoms with Gasteiger partial charge in [-0.15, -0.1) is 11.3 Å². The van der Waals surface area contributed by atoms with Gasteiger partial charge in [0.15, 0.2) is 5.13 Å². The van der Waals surface area contributed by atoms with Crippen LogP contribution >= 0.6 is 46.1 Å². The van der Waals surface area contributed by atoms with Crippen molar-refractivity contribution in [1.82, 2.24) is 4.98 Å². The molecular formula is C16H9Cl3N2OS. The highest BCUT2D eigenvalue weighted by Gasteiger charge is 2.13. The van der Waals surface area contributed by atoms with E-state index in [1.807, 2.05) is 17.5 Å². The molecule has 0 aliphatic rings. The van der Waals surface area contributed by atoms with Gasteiger partial charge in [-0.25, -0.2) is 4.98 Å². The second-order valence-corrected chi connectivity index (χ2v) is 6.76. The molecule has 3 nitrogen and oxygen atoms in total. The van der Waals surface area contributed by atoms with Crippen LogP contribution in [0.15, 0.2) is 47.8 Å². The summed E-state index contributed by atoms with van der Waals surface area (Å²) in [4.78, 5) is 16.7. The van der Waals surface area contributed by atoms with Crippen LogP contribution in [-0.4, -0.2) is 10.9 Å². The Bertz CT molecular complexity index is 862. The first-order valence-electron chi connectivity index (χ1n) is 6.51. The predicted octanol–water partition coefficient (Wildman–Crippen LogP) is 6.02. The van der Waals surface area contributed by atoms with E-state index in [1.54, 1.807) is 24.3 Å². The molecular weight excluding hydrogens is 375 g/mol. The number of hydrogen-bond donors (Lipinski definition) is 1. The normalized spacial score (nSPS) is 10.6. The highest BCUT2D eigenvalue weighted by atomic mass is 35.5. The average Bonchev–Trinajstić information content (AvgIpc) is 2.99. The van der Waals surface area contributed by atoms with E-state index in [0.717, 1.165) is 11.3 Å². The van der Waals surface area contributed by atoms with Crippen molar-refractivity contribution in [2.45, 2.75) is 0 Å². The Morgan fingerprint density at radius 3 is 2.43 bits per heavy atom. The maximum atomic E-state index is 12.3. The van der Waals surface area contributed by atoms with E-state index in [2.05, 4.69) is 10.3 Å². The predicted molar refractivity (Wildman–Crippen MR) is 97.0 cm³/mol. The summed E-state index contributed by atoms with van der Waals surface area (Å²) in [6, 6.07) is 12.1. The molecule has 0 saturated carbocycles. The van der Waals surface area contributed by atoms with E-state index in [1.165, 1.54) is 17.4 Å². The summed E-state index contributed by atoms with van der Waals surface area (Å²) in [6.07, 6.45) is 0. The van der Waals surface area contributed by atoms with E-state index in [4.69, 9.17) is 34.8 Å². The number of nitrogens with one attached hydrogen (secondary N) is 1. The Balaban J connectivity index is 1.80. The van der Waals surface area contributed by atoms with Gasteiger partial charge in [-0.05, 0) is 30.3 Å². The molecule has 0 atom stereocenters. The largest absolute Gasteiger partial charge is 0.298 e. The lowest BCUT2D eigenvalue weighted by Crippen LogP contribution is -2.12. The van der Waals surface area contributed by atoms with Gasteiger partial charge in [-0.3, -0.25) is 10.1 Å². The molecule has 0 aliphatic heterocycles. The van der Waals surface area contributed by atoms with Crippen LogP contribution < -0.4 is 5.32 Å². The van der Waals surface area contributed by atoms with Gasteiger partial charge in [0.05, 0.1) is 16.3 Å². The van der Waals surface area contributed by atoms with Crippen molar-refractivity contribution in [1.29, 1.82) is 0 Å². The Hall–Kier alpha value is -1.59. The molecule has 0 spiro atoms. The van der Waals surface area contributed by atoms with Crippen LogP contribution in [0.25, 0.3) is 11.3 Å². The zero-order valence-electron chi connectivity index (χ0n) is 11.5. The molecule has 0 bridgehead atoms. The van der Waals surface area contributed by atoms with E-state index in [0.29, 0.717) is 25.8 Å². The fraction of sp³-hybridized carbons (Fsp3) is 0. The topological polar surface area (TPSA) is 42.0 Å². The van der Waals surface area contributed by atoms with Gasteiger partial charge in [0.2, 0.25) is 0 Å². The van der Waals surface area contributed by atoms with Crippen molar-refractivity contribution < 1.29 is 4.79 Å². The molecule has 1 heterocycles. The zero-order chi connectivity index (χ0) is 16.4. The number of carbonyl (C=O) groups excluding carboxylic acids is 1. The number of halogens is 3. The Morgan fingerprint density at radius 1 is 1.00 bits per heavy atom. The number of thiazole rings is 1. The van der Waals surface area contributed by atoms with Gasteiger partial charge in [0.25, 0.3) is 5.91 Å². The maximum absolute atomic E-state index is 12.3. The summed E-state index contributed by atoms with van der Waals surface area (Å²) in [7, 11) is 0. The third-order valence-electron chi connectivity index (χ3n) is 3.04. The lowest BCUT2D eigenvalue weighted by Gasteiger charge is -2.04. The minimum Gasteiger partial charge on any atom is -0.298 e. The summed E-state index contributed by atoms with van der Waals surface area (Å²) in [6.45, 7) is 0. The van der Waals surface area contributed by atoms with E-state index >= 15 is 0 Å². The van der Waals surface area contributed by atoms with Crippen LogP contribution in [0.2, 0.25) is 15.1 Å². The molecule has 23 heavy (non-hydrogen) atoms. The Kier molecular flexibility index (Phi) is 4.87. The number of nitrogens with zero attached hydrogens (tertiary/aromatic N) is 1. The second-order valence-electron chi connectivity index (χ2n) is 4.62. The summed E-state index contributed by atoms with van der Waals surface area (Å²) in [5, 5.41) is 6.51. The molecule has 116 valence electrons. The standard InChI is InChI=1S/C16H9Cl3N2OS/c17-10-3-1-9(2-4-10)14-8-23-16(20-14)21-15(22)12-7-11(18)5-6-13(12)19/h1-8H,(H,20,21,22). The zero-order valence-corrected chi connectivity index (χ0v) is 14.6. The second kappa shape index (κ2) is 6.89. The number of benzene rings is 2. The van der Waals surface area contributed by atoms with Gasteiger partial charge in [0, 0.05) is 21.0 Å². The van der Waals surface area contributed by atoms with E-state index in [-0.39, 0.29) is 5.91 Å². The van der Waals surface area contributed by atoms with Gasteiger partial charge in [0.1, 0.15) is 0 Å². The molecule has 0 fully saturated rings. The summed E-state index contributed by atoms with van der Waals surface area (Å²) >= 11 is 19.1. The fourth-order valence-corrected chi connectivity index (χ4v) is 3.14. The SMILES string of the molecule is O=C(Nc1nc(-c2ccc(Cl)cc2)cs1)c1cc(Cl)ccc1Cl. The smallest absolute Gasteiger partial charge is 0.259 e. The Morgan fingerprint density at radius 2 is 1.70 bits per heavy atom. The van der Waals surface area contributed by atoms with Crippen LogP contribution in [0, 0.1) is 0 Å². The van der Waals surface area contributed by atoms with Crippen LogP contribution in [0.3, 0.4) is 0 Å². The van der Waals surface area contributed by atoms with Gasteiger partial charge in [-0.1, -0.05) is 46.9 Å². The highest BCUT2D eigenvalue weighted by Crippen LogP contribution is 2.27. The van der Waals surface area contributed by atoms with Crippen LogP contribution in [0.5, 0.6) is 0 Å². The number of carbonyl (C=O) groups is 1. The minimum absolute atomic E-state index is 0.308. The molecule has 1 aromatic heterocycles. The maximum Gasteiger partial charge on any atom is 0.259 e. The molecule has 1 amide bonds. The molecule has 2 aromatic carbocycles. The molecule has 7 heteroatoms. The quantitative estimate of drug-likeness (QED) is 0.600. The highest BCUT2D eigenvalue weighted by molar-refractivity contribution is 7.14. The molecule has 0 saturated heterocycles. The molecule has 3 rings (SSSR count). The molecule has 0 aliphatic carbocycles. The number of aromatic nitrogens is 1. The van der Waals surface area contributed by atoms with Crippen LogP contribution in [-0.2, 0) is 0 Å². The monoisotopic (exact) mass is 382 g/mol. The Labute approximate surface area is 151 Å². The van der Waals surface area contributed by atoms with Crippen molar-refractivity contribution in [3.63, 3.8) is 0 Å². The lowest BCUT2D eigenvalue weighted by molar-refractivity contribution is 0.102. The minimum atomic E-state index is -0.352. The van der Waals surface area contributed by atoms with Crippen LogP contribution in [0.4, 0.5) is 5.13 Å². The molecule has 1 N–H and O–H groups in total. The van der Waals surface area contributed by atoms with Gasteiger partial charge >= 0.3 is 0 Å². The van der Waals surface area contributed by atoms with Crippen molar-refractivity contribution in [3.8, 4) is 11.3 Å². The first kappa shape index (κ1) is 16.3. The van der Waals surface area contributed by atoms with Crippen molar-refractivity contribution in [2.75, 3.05) is 5.32 Å². The summed E-state index contributed by atoms with van der Waals surface area (Å²) in [5.41, 5.74) is 1.99. The summed E-state index contributed by atoms with van der Waals surface area (Å²) in [5.74, 6) is -0.352. The van der Waals surface area contributed by atoms with Crippen molar-refractivity contribution >= 4 is 57.2 Å². The number of anilines is 1. The molecule has 0 unspecified atom stereocenters. The van der Waals surface area contributed by atoms with E-state index < -0.39 is 0 Å². The first-order chi connectivity index (χ1) is 11.0.